The second-order valence-corrected chi connectivity index (χ2v) is 6.48. The van der Waals surface area contributed by atoms with Crippen molar-refractivity contribution in [3.63, 3.8) is 0 Å². The summed E-state index contributed by atoms with van der Waals surface area (Å²) < 4.78 is 1.17. The van der Waals surface area contributed by atoms with Gasteiger partial charge in [-0.05, 0) is 46.9 Å². The van der Waals surface area contributed by atoms with Gasteiger partial charge in [-0.25, -0.2) is 0 Å². The molecule has 1 unspecified atom stereocenters. The largest absolute Gasteiger partial charge is 0.324 e. The highest BCUT2D eigenvalue weighted by molar-refractivity contribution is 9.10. The van der Waals surface area contributed by atoms with E-state index < -0.39 is 0 Å². The van der Waals surface area contributed by atoms with Crippen LogP contribution in [0.15, 0.2) is 46.3 Å². The molecule has 19 heavy (non-hydrogen) atoms. The number of halogens is 1. The number of thiophene rings is 1. The van der Waals surface area contributed by atoms with E-state index in [1.54, 1.807) is 11.3 Å². The van der Waals surface area contributed by atoms with Gasteiger partial charge >= 0.3 is 0 Å². The lowest BCUT2D eigenvalue weighted by Gasteiger charge is -2.11. The fourth-order valence-electron chi connectivity index (χ4n) is 1.97. The molecule has 0 aliphatic rings. The first-order chi connectivity index (χ1) is 9.25. The van der Waals surface area contributed by atoms with Crippen LogP contribution in [-0.4, -0.2) is 6.54 Å². The zero-order valence-electron chi connectivity index (χ0n) is 10.8. The van der Waals surface area contributed by atoms with Gasteiger partial charge in [-0.3, -0.25) is 0 Å². The van der Waals surface area contributed by atoms with Gasteiger partial charge in [0.15, 0.2) is 0 Å². The summed E-state index contributed by atoms with van der Waals surface area (Å²) in [5, 5.41) is 5.57. The Hall–Kier alpha value is -0.680. The number of rotatable bonds is 7. The molecule has 1 atom stereocenters. The Labute approximate surface area is 127 Å². The second kappa shape index (κ2) is 7.80. The summed E-state index contributed by atoms with van der Waals surface area (Å²) in [6.45, 7) is 1.95. The van der Waals surface area contributed by atoms with Gasteiger partial charge < -0.3 is 11.1 Å². The number of hydrogen-bond donors (Lipinski definition) is 2. The van der Waals surface area contributed by atoms with Crippen LogP contribution >= 0.6 is 27.3 Å². The normalized spacial score (nSPS) is 12.5. The molecule has 1 aromatic heterocycles. The van der Waals surface area contributed by atoms with Gasteiger partial charge in [0.2, 0.25) is 0 Å². The highest BCUT2D eigenvalue weighted by Crippen LogP contribution is 2.19. The summed E-state index contributed by atoms with van der Waals surface area (Å²) in [5.74, 6) is 0. The van der Waals surface area contributed by atoms with Crippen molar-refractivity contribution in [3.8, 4) is 0 Å². The maximum atomic E-state index is 6.16. The SMILES string of the molecule is NC(CCCNCc1cc(Br)cs1)c1ccccc1. The molecular formula is C15H19BrN2S. The van der Waals surface area contributed by atoms with Crippen LogP contribution in [0.3, 0.4) is 0 Å². The molecule has 4 heteroatoms. The Morgan fingerprint density at radius 2 is 2.05 bits per heavy atom. The minimum Gasteiger partial charge on any atom is -0.324 e. The molecule has 1 aromatic carbocycles. The minimum absolute atomic E-state index is 0.152. The zero-order chi connectivity index (χ0) is 13.5. The lowest BCUT2D eigenvalue weighted by atomic mass is 10.0. The third-order valence-electron chi connectivity index (χ3n) is 3.02. The Balaban J connectivity index is 1.62. The van der Waals surface area contributed by atoms with Crippen molar-refractivity contribution in [2.24, 2.45) is 5.73 Å². The van der Waals surface area contributed by atoms with E-state index >= 15 is 0 Å². The summed E-state index contributed by atoms with van der Waals surface area (Å²) in [4.78, 5) is 1.36. The molecule has 2 rings (SSSR count). The first-order valence-corrected chi connectivity index (χ1v) is 8.17. The standard InChI is InChI=1S/C15H19BrN2S/c16-13-9-14(19-11-13)10-18-8-4-7-15(17)12-5-2-1-3-6-12/h1-3,5-6,9,11,15,18H,4,7-8,10,17H2. The first kappa shape index (κ1) is 14.7. The predicted molar refractivity (Wildman–Crippen MR) is 86.3 cm³/mol. The van der Waals surface area contributed by atoms with Crippen molar-refractivity contribution in [2.45, 2.75) is 25.4 Å². The number of nitrogens with one attached hydrogen (secondary N) is 1. The van der Waals surface area contributed by atoms with Gasteiger partial charge in [0, 0.05) is 27.3 Å². The molecule has 2 aromatic rings. The average molecular weight is 339 g/mol. The summed E-state index contributed by atoms with van der Waals surface area (Å²) >= 11 is 5.24. The van der Waals surface area contributed by atoms with Crippen molar-refractivity contribution in [1.82, 2.24) is 5.32 Å². The van der Waals surface area contributed by atoms with Crippen LogP contribution in [0.25, 0.3) is 0 Å². The first-order valence-electron chi connectivity index (χ1n) is 6.50. The van der Waals surface area contributed by atoms with Crippen molar-refractivity contribution >= 4 is 27.3 Å². The van der Waals surface area contributed by atoms with E-state index in [0.717, 1.165) is 25.9 Å². The van der Waals surface area contributed by atoms with Gasteiger partial charge in [0.1, 0.15) is 0 Å². The third kappa shape index (κ3) is 5.07. The molecular weight excluding hydrogens is 320 g/mol. The molecule has 0 saturated carbocycles. The van der Waals surface area contributed by atoms with Gasteiger partial charge in [0.25, 0.3) is 0 Å². The van der Waals surface area contributed by atoms with Crippen LogP contribution in [0.2, 0.25) is 0 Å². The topological polar surface area (TPSA) is 38.0 Å². The molecule has 0 bridgehead atoms. The minimum atomic E-state index is 0.152. The number of benzene rings is 1. The van der Waals surface area contributed by atoms with E-state index in [4.69, 9.17) is 5.73 Å². The predicted octanol–water partition coefficient (Wildman–Crippen LogP) is 4.08. The smallest absolute Gasteiger partial charge is 0.0300 e. The maximum Gasteiger partial charge on any atom is 0.0300 e. The fourth-order valence-corrected chi connectivity index (χ4v) is 3.39. The molecule has 2 nitrogen and oxygen atoms in total. The van der Waals surface area contributed by atoms with Crippen LogP contribution in [0.1, 0.15) is 29.3 Å². The van der Waals surface area contributed by atoms with Crippen molar-refractivity contribution in [2.75, 3.05) is 6.54 Å². The lowest BCUT2D eigenvalue weighted by Crippen LogP contribution is -2.17. The Morgan fingerprint density at radius 1 is 1.26 bits per heavy atom. The number of hydrogen-bond acceptors (Lipinski definition) is 3. The van der Waals surface area contributed by atoms with E-state index in [-0.39, 0.29) is 6.04 Å². The fraction of sp³-hybridized carbons (Fsp3) is 0.333. The molecule has 3 N–H and O–H groups in total. The molecule has 0 saturated heterocycles. The molecule has 1 heterocycles. The van der Waals surface area contributed by atoms with E-state index in [2.05, 4.69) is 44.8 Å². The van der Waals surface area contributed by atoms with E-state index in [1.165, 1.54) is 14.9 Å². The molecule has 102 valence electrons. The quantitative estimate of drug-likeness (QED) is 0.746. The van der Waals surface area contributed by atoms with E-state index in [0.29, 0.717) is 0 Å². The molecule has 0 aliphatic heterocycles. The van der Waals surface area contributed by atoms with E-state index in [9.17, 15) is 0 Å². The van der Waals surface area contributed by atoms with Crippen LogP contribution in [-0.2, 0) is 6.54 Å². The monoisotopic (exact) mass is 338 g/mol. The van der Waals surface area contributed by atoms with Crippen molar-refractivity contribution in [3.05, 3.63) is 56.7 Å². The van der Waals surface area contributed by atoms with Gasteiger partial charge in [-0.15, -0.1) is 11.3 Å². The van der Waals surface area contributed by atoms with E-state index in [1.807, 2.05) is 18.2 Å². The summed E-state index contributed by atoms with van der Waals surface area (Å²) in [7, 11) is 0. The van der Waals surface area contributed by atoms with Crippen LogP contribution in [0.4, 0.5) is 0 Å². The Kier molecular flexibility index (Phi) is 6.04. The zero-order valence-corrected chi connectivity index (χ0v) is 13.2. The Morgan fingerprint density at radius 3 is 2.74 bits per heavy atom. The van der Waals surface area contributed by atoms with Crippen LogP contribution in [0, 0.1) is 0 Å². The maximum absolute atomic E-state index is 6.16. The molecule has 0 radical (unpaired) electrons. The summed E-state index contributed by atoms with van der Waals surface area (Å²) in [6, 6.07) is 12.6. The third-order valence-corrected chi connectivity index (χ3v) is 4.72. The van der Waals surface area contributed by atoms with Crippen LogP contribution < -0.4 is 11.1 Å². The summed E-state index contributed by atoms with van der Waals surface area (Å²) in [5.41, 5.74) is 7.39. The summed E-state index contributed by atoms with van der Waals surface area (Å²) in [6.07, 6.45) is 2.12. The molecule has 0 spiro atoms. The van der Waals surface area contributed by atoms with Gasteiger partial charge in [-0.2, -0.15) is 0 Å². The average Bonchev–Trinajstić information content (AvgIpc) is 2.85. The Bertz CT molecular complexity index is 484. The molecule has 0 fully saturated rings. The highest BCUT2D eigenvalue weighted by Gasteiger charge is 2.04. The molecule has 0 amide bonds. The van der Waals surface area contributed by atoms with Crippen molar-refractivity contribution in [1.29, 1.82) is 0 Å². The highest BCUT2D eigenvalue weighted by atomic mass is 79.9. The second-order valence-electron chi connectivity index (χ2n) is 4.57. The van der Waals surface area contributed by atoms with Gasteiger partial charge in [0.05, 0.1) is 0 Å². The van der Waals surface area contributed by atoms with Crippen molar-refractivity contribution < 1.29 is 0 Å². The lowest BCUT2D eigenvalue weighted by molar-refractivity contribution is 0.568. The van der Waals surface area contributed by atoms with Crippen LogP contribution in [0.5, 0.6) is 0 Å². The number of nitrogens with two attached hydrogens (primary N) is 1. The van der Waals surface area contributed by atoms with Gasteiger partial charge in [-0.1, -0.05) is 30.3 Å². The molecule has 0 aliphatic carbocycles.